The largest absolute Gasteiger partial charge is 0.353 e. The summed E-state index contributed by atoms with van der Waals surface area (Å²) in [7, 11) is 0. The van der Waals surface area contributed by atoms with Gasteiger partial charge in [0.1, 0.15) is 0 Å². The summed E-state index contributed by atoms with van der Waals surface area (Å²) in [5.41, 5.74) is 1.33. The SMILES string of the molecule is CC(CCc1ccccc1)NC(=O)C1CNC1.Cl. The molecule has 1 aromatic rings. The van der Waals surface area contributed by atoms with Gasteiger partial charge >= 0.3 is 0 Å². The molecule has 1 aliphatic rings. The maximum Gasteiger partial charge on any atom is 0.225 e. The van der Waals surface area contributed by atoms with Gasteiger partial charge in [0.2, 0.25) is 5.91 Å². The number of benzene rings is 1. The first-order valence-electron chi connectivity index (χ1n) is 6.30. The molecule has 4 heteroatoms. The number of hydrogen-bond acceptors (Lipinski definition) is 2. The Kier molecular flexibility index (Phi) is 6.16. The fourth-order valence-electron chi connectivity index (χ4n) is 1.93. The zero-order valence-corrected chi connectivity index (χ0v) is 11.5. The van der Waals surface area contributed by atoms with Crippen LogP contribution in [-0.4, -0.2) is 25.0 Å². The summed E-state index contributed by atoms with van der Waals surface area (Å²) in [5.74, 6) is 0.387. The fraction of sp³-hybridized carbons (Fsp3) is 0.500. The molecular weight excluding hydrogens is 248 g/mol. The van der Waals surface area contributed by atoms with E-state index >= 15 is 0 Å². The predicted octanol–water partition coefficient (Wildman–Crippen LogP) is 1.77. The van der Waals surface area contributed by atoms with Crippen molar-refractivity contribution < 1.29 is 4.79 Å². The third kappa shape index (κ3) is 4.31. The third-order valence-electron chi connectivity index (χ3n) is 3.25. The van der Waals surface area contributed by atoms with Gasteiger partial charge < -0.3 is 10.6 Å². The van der Waals surface area contributed by atoms with Gasteiger partial charge in [0.05, 0.1) is 5.92 Å². The Balaban J connectivity index is 0.00000162. The van der Waals surface area contributed by atoms with Crippen molar-refractivity contribution in [2.24, 2.45) is 5.92 Å². The van der Waals surface area contributed by atoms with Crippen molar-refractivity contribution in [3.05, 3.63) is 35.9 Å². The van der Waals surface area contributed by atoms with E-state index in [1.807, 2.05) is 6.07 Å². The van der Waals surface area contributed by atoms with Crippen LogP contribution in [0.3, 0.4) is 0 Å². The Labute approximate surface area is 115 Å². The topological polar surface area (TPSA) is 41.1 Å². The van der Waals surface area contributed by atoms with Gasteiger partial charge in [0.15, 0.2) is 0 Å². The van der Waals surface area contributed by atoms with Crippen LogP contribution >= 0.6 is 12.4 Å². The highest BCUT2D eigenvalue weighted by Gasteiger charge is 2.25. The van der Waals surface area contributed by atoms with Gasteiger partial charge in [0.25, 0.3) is 0 Å². The van der Waals surface area contributed by atoms with Crippen LogP contribution in [0.1, 0.15) is 18.9 Å². The highest BCUT2D eigenvalue weighted by atomic mass is 35.5. The summed E-state index contributed by atoms with van der Waals surface area (Å²) in [6.07, 6.45) is 2.01. The molecule has 1 aliphatic heterocycles. The van der Waals surface area contributed by atoms with Crippen LogP contribution in [0.15, 0.2) is 30.3 Å². The number of amides is 1. The van der Waals surface area contributed by atoms with Gasteiger partial charge in [0, 0.05) is 19.1 Å². The predicted molar refractivity (Wildman–Crippen MR) is 76.0 cm³/mol. The maximum atomic E-state index is 11.7. The minimum atomic E-state index is 0. The van der Waals surface area contributed by atoms with Crippen molar-refractivity contribution in [2.45, 2.75) is 25.8 Å². The molecule has 100 valence electrons. The first kappa shape index (κ1) is 15.0. The molecular formula is C14H21ClN2O. The van der Waals surface area contributed by atoms with Crippen molar-refractivity contribution in [1.29, 1.82) is 0 Å². The van der Waals surface area contributed by atoms with Gasteiger partial charge in [-0.3, -0.25) is 4.79 Å². The standard InChI is InChI=1S/C14H20N2O.ClH/c1-11(16-14(17)13-9-15-10-13)7-8-12-5-3-2-4-6-12;/h2-6,11,13,15H,7-10H2,1H3,(H,16,17);1H. The van der Waals surface area contributed by atoms with E-state index in [1.165, 1.54) is 5.56 Å². The van der Waals surface area contributed by atoms with Crippen LogP contribution in [0, 0.1) is 5.92 Å². The summed E-state index contributed by atoms with van der Waals surface area (Å²) in [4.78, 5) is 11.7. The number of rotatable bonds is 5. The molecule has 0 saturated carbocycles. The highest BCUT2D eigenvalue weighted by molar-refractivity contribution is 5.85. The van der Waals surface area contributed by atoms with Crippen LogP contribution in [0.5, 0.6) is 0 Å². The molecule has 2 rings (SSSR count). The molecule has 0 spiro atoms. The Morgan fingerprint density at radius 3 is 2.61 bits per heavy atom. The van der Waals surface area contributed by atoms with E-state index in [0.29, 0.717) is 0 Å². The molecule has 1 amide bonds. The average molecular weight is 269 g/mol. The van der Waals surface area contributed by atoms with E-state index < -0.39 is 0 Å². The Hall–Kier alpha value is -1.06. The first-order chi connectivity index (χ1) is 8.25. The van der Waals surface area contributed by atoms with Gasteiger partial charge in [-0.2, -0.15) is 0 Å². The molecule has 1 atom stereocenters. The quantitative estimate of drug-likeness (QED) is 0.855. The Morgan fingerprint density at radius 1 is 1.39 bits per heavy atom. The molecule has 3 nitrogen and oxygen atoms in total. The van der Waals surface area contributed by atoms with Gasteiger partial charge in [-0.05, 0) is 25.3 Å². The van der Waals surface area contributed by atoms with Gasteiger partial charge in [-0.1, -0.05) is 30.3 Å². The van der Waals surface area contributed by atoms with Crippen molar-refractivity contribution in [2.75, 3.05) is 13.1 Å². The van der Waals surface area contributed by atoms with Gasteiger partial charge in [-0.15, -0.1) is 12.4 Å². The number of carbonyl (C=O) groups is 1. The summed E-state index contributed by atoms with van der Waals surface area (Å²) in [5, 5.41) is 6.19. The lowest BCUT2D eigenvalue weighted by molar-refractivity contribution is -0.127. The van der Waals surface area contributed by atoms with E-state index in [9.17, 15) is 4.79 Å². The minimum absolute atomic E-state index is 0. The van der Waals surface area contributed by atoms with Crippen LogP contribution in [0.25, 0.3) is 0 Å². The van der Waals surface area contributed by atoms with Crippen LogP contribution < -0.4 is 10.6 Å². The Morgan fingerprint density at radius 2 is 2.06 bits per heavy atom. The number of hydrogen-bond donors (Lipinski definition) is 2. The van der Waals surface area contributed by atoms with E-state index in [-0.39, 0.29) is 30.3 Å². The van der Waals surface area contributed by atoms with E-state index in [0.717, 1.165) is 25.9 Å². The second kappa shape index (κ2) is 7.39. The van der Waals surface area contributed by atoms with Crippen LogP contribution in [0.4, 0.5) is 0 Å². The molecule has 0 aromatic heterocycles. The molecule has 1 unspecified atom stereocenters. The first-order valence-corrected chi connectivity index (χ1v) is 6.30. The molecule has 1 heterocycles. The fourth-order valence-corrected chi connectivity index (χ4v) is 1.93. The van der Waals surface area contributed by atoms with Crippen molar-refractivity contribution in [3.63, 3.8) is 0 Å². The normalized spacial score (nSPS) is 16.3. The average Bonchev–Trinajstić information content (AvgIpc) is 2.25. The van der Waals surface area contributed by atoms with Crippen molar-refractivity contribution in [3.8, 4) is 0 Å². The lowest BCUT2D eigenvalue weighted by Gasteiger charge is -2.27. The second-order valence-electron chi connectivity index (χ2n) is 4.79. The van der Waals surface area contributed by atoms with Gasteiger partial charge in [-0.25, -0.2) is 0 Å². The Bertz CT molecular complexity index is 365. The second-order valence-corrected chi connectivity index (χ2v) is 4.79. The number of aryl methyl sites for hydroxylation is 1. The van der Waals surface area contributed by atoms with Crippen molar-refractivity contribution >= 4 is 18.3 Å². The molecule has 1 fully saturated rings. The molecule has 0 radical (unpaired) electrons. The number of nitrogens with one attached hydrogen (secondary N) is 2. The lowest BCUT2D eigenvalue weighted by Crippen LogP contribution is -2.52. The zero-order chi connectivity index (χ0) is 12.1. The molecule has 18 heavy (non-hydrogen) atoms. The van der Waals surface area contributed by atoms with Crippen LogP contribution in [-0.2, 0) is 11.2 Å². The lowest BCUT2D eigenvalue weighted by atomic mass is 10.0. The number of halogens is 1. The maximum absolute atomic E-state index is 11.7. The van der Waals surface area contributed by atoms with Crippen molar-refractivity contribution in [1.82, 2.24) is 10.6 Å². The van der Waals surface area contributed by atoms with E-state index in [1.54, 1.807) is 0 Å². The zero-order valence-electron chi connectivity index (χ0n) is 10.7. The van der Waals surface area contributed by atoms with E-state index in [2.05, 4.69) is 41.8 Å². The monoisotopic (exact) mass is 268 g/mol. The molecule has 1 aromatic carbocycles. The summed E-state index contributed by atoms with van der Waals surface area (Å²) >= 11 is 0. The summed E-state index contributed by atoms with van der Waals surface area (Å²) in [6.45, 7) is 3.74. The third-order valence-corrected chi connectivity index (χ3v) is 3.25. The smallest absolute Gasteiger partial charge is 0.225 e. The number of carbonyl (C=O) groups excluding carboxylic acids is 1. The highest BCUT2D eigenvalue weighted by Crippen LogP contribution is 2.07. The molecule has 1 saturated heterocycles. The molecule has 2 N–H and O–H groups in total. The summed E-state index contributed by atoms with van der Waals surface area (Å²) in [6, 6.07) is 10.6. The van der Waals surface area contributed by atoms with Crippen LogP contribution in [0.2, 0.25) is 0 Å². The molecule has 0 aliphatic carbocycles. The summed E-state index contributed by atoms with van der Waals surface area (Å²) < 4.78 is 0. The van der Waals surface area contributed by atoms with E-state index in [4.69, 9.17) is 0 Å². The minimum Gasteiger partial charge on any atom is -0.353 e. The molecule has 0 bridgehead atoms.